The summed E-state index contributed by atoms with van der Waals surface area (Å²) in [6.45, 7) is -0.566. The fraction of sp³-hybridized carbons (Fsp3) is 0.265. The summed E-state index contributed by atoms with van der Waals surface area (Å²) in [5.41, 5.74) is 8.13. The molecule has 256 valence electrons. The molecule has 5 amide bonds. The average molecular weight is 674 g/mol. The number of alkyl carbamates (subject to hydrolysis) is 1. The van der Waals surface area contributed by atoms with Crippen LogP contribution in [0.5, 0.6) is 0 Å². The Bertz CT molecular complexity index is 1620. The lowest BCUT2D eigenvalue weighted by Crippen LogP contribution is -2.47. The number of carbonyl (C=O) groups excluding carboxylic acids is 6. The number of nitrogens with two attached hydrogens (primary N) is 1. The third kappa shape index (κ3) is 11.5. The summed E-state index contributed by atoms with van der Waals surface area (Å²) in [4.78, 5) is 85.0. The molecule has 3 aromatic carbocycles. The van der Waals surface area contributed by atoms with Crippen LogP contribution in [0.4, 0.5) is 14.4 Å². The number of amides is 5. The van der Waals surface area contributed by atoms with Crippen LogP contribution in [0.15, 0.2) is 96.0 Å². The van der Waals surface area contributed by atoms with Gasteiger partial charge in [0.15, 0.2) is 0 Å². The molecule has 1 aliphatic rings. The van der Waals surface area contributed by atoms with Gasteiger partial charge in [0.25, 0.3) is 11.8 Å². The van der Waals surface area contributed by atoms with Gasteiger partial charge in [0.05, 0.1) is 0 Å². The van der Waals surface area contributed by atoms with Gasteiger partial charge in [0.1, 0.15) is 25.9 Å². The highest BCUT2D eigenvalue weighted by Gasteiger charge is 2.35. The smallest absolute Gasteiger partial charge is 0.437 e. The maximum Gasteiger partial charge on any atom is 0.437 e. The van der Waals surface area contributed by atoms with E-state index in [2.05, 4.69) is 10.3 Å². The van der Waals surface area contributed by atoms with Gasteiger partial charge in [-0.25, -0.2) is 24.1 Å². The summed E-state index contributed by atoms with van der Waals surface area (Å²) < 4.78 is 15.8. The number of benzene rings is 3. The highest BCUT2D eigenvalue weighted by molar-refractivity contribution is 6.02. The average Bonchev–Trinajstić information content (AvgIpc) is 3.43. The van der Waals surface area contributed by atoms with E-state index in [1.807, 2.05) is 0 Å². The number of hydrogen-bond acceptors (Lipinski definition) is 10. The summed E-state index contributed by atoms with van der Waals surface area (Å²) in [5.74, 6) is -3.08. The Morgan fingerprint density at radius 1 is 0.755 bits per heavy atom. The molecule has 1 fully saturated rings. The zero-order valence-electron chi connectivity index (χ0n) is 26.4. The van der Waals surface area contributed by atoms with Crippen molar-refractivity contribution >= 4 is 42.0 Å². The predicted octanol–water partition coefficient (Wildman–Crippen LogP) is 3.96. The molecule has 0 radical (unpaired) electrons. The molecule has 0 aliphatic carbocycles. The number of hydroxylamine groups is 2. The Balaban J connectivity index is 1.44. The number of nitrogens with zero attached hydrogens (tertiary/aromatic N) is 3. The van der Waals surface area contributed by atoms with Crippen LogP contribution in [-0.4, -0.2) is 64.6 Å². The molecule has 1 heterocycles. The maximum absolute atomic E-state index is 13.2. The normalized spacial score (nSPS) is 13.3. The molecule has 15 heteroatoms. The van der Waals surface area contributed by atoms with Crippen molar-refractivity contribution in [1.82, 2.24) is 15.3 Å². The van der Waals surface area contributed by atoms with Crippen molar-refractivity contribution in [3.05, 3.63) is 108 Å². The van der Waals surface area contributed by atoms with Crippen molar-refractivity contribution in [2.75, 3.05) is 6.54 Å². The standard InChI is InChI=1S/C34H35N5O10/c35-31(37-33(44)47-22-25-13-6-2-7-14-25)38(34(45)48-23-26-15-8-3-9-16-26)20-10-17-27(30(42)49-39-28(40)18-19-29(39)41)36-32(43)46-21-24-11-4-1-5-12-24/h1-9,11-16,27H,10,17-23H2,(H,36,43)(H2,35,37,44)/t27-/m0/s1. The second kappa shape index (κ2) is 18.2. The first-order valence-electron chi connectivity index (χ1n) is 15.3. The van der Waals surface area contributed by atoms with Gasteiger partial charge in [-0.1, -0.05) is 91.0 Å². The van der Waals surface area contributed by atoms with Crippen molar-refractivity contribution in [2.45, 2.75) is 51.5 Å². The van der Waals surface area contributed by atoms with E-state index in [1.165, 1.54) is 0 Å². The van der Waals surface area contributed by atoms with E-state index in [4.69, 9.17) is 24.8 Å². The first kappa shape index (κ1) is 35.6. The SMILES string of the molecule is N/C(=N\C(=O)OCc1ccccc1)N(CCC[C@H](NC(=O)OCc1ccccc1)C(=O)ON1C(=O)CCC1=O)C(=O)OCc1ccccc1. The van der Waals surface area contributed by atoms with Gasteiger partial charge < -0.3 is 30.1 Å². The molecule has 1 aliphatic heterocycles. The van der Waals surface area contributed by atoms with Crippen LogP contribution in [0.1, 0.15) is 42.4 Å². The van der Waals surface area contributed by atoms with E-state index in [0.717, 1.165) is 4.90 Å². The Kier molecular flexibility index (Phi) is 13.2. The number of nitrogens with one attached hydrogen (secondary N) is 1. The zero-order valence-corrected chi connectivity index (χ0v) is 26.4. The van der Waals surface area contributed by atoms with E-state index < -0.39 is 48.1 Å². The highest BCUT2D eigenvalue weighted by Crippen LogP contribution is 2.15. The van der Waals surface area contributed by atoms with Crippen LogP contribution in [0.3, 0.4) is 0 Å². The van der Waals surface area contributed by atoms with Gasteiger partial charge in [0, 0.05) is 19.4 Å². The van der Waals surface area contributed by atoms with Crippen molar-refractivity contribution < 1.29 is 47.8 Å². The van der Waals surface area contributed by atoms with Gasteiger partial charge in [-0.05, 0) is 29.5 Å². The summed E-state index contributed by atoms with van der Waals surface area (Å²) in [5, 5.41) is 2.73. The molecule has 15 nitrogen and oxygen atoms in total. The molecule has 0 bridgehead atoms. The summed E-state index contributed by atoms with van der Waals surface area (Å²) >= 11 is 0. The number of carbonyl (C=O) groups is 6. The molecule has 0 aromatic heterocycles. The van der Waals surface area contributed by atoms with Crippen molar-refractivity contribution in [2.24, 2.45) is 10.7 Å². The molecule has 4 rings (SSSR count). The van der Waals surface area contributed by atoms with Gasteiger partial charge in [-0.3, -0.25) is 9.59 Å². The molecule has 3 aromatic rings. The third-order valence-corrected chi connectivity index (χ3v) is 6.96. The summed E-state index contributed by atoms with van der Waals surface area (Å²) in [6, 6.07) is 25.0. The second-order valence-electron chi connectivity index (χ2n) is 10.6. The molecule has 0 spiro atoms. The molecular weight excluding hydrogens is 638 g/mol. The minimum Gasteiger partial charge on any atom is -0.445 e. The minimum absolute atomic E-state index is 0.0453. The molecule has 1 atom stereocenters. The fourth-order valence-corrected chi connectivity index (χ4v) is 4.42. The highest BCUT2D eigenvalue weighted by atomic mass is 16.7. The molecular formula is C34H35N5O10. The van der Waals surface area contributed by atoms with E-state index >= 15 is 0 Å². The van der Waals surface area contributed by atoms with Gasteiger partial charge in [0.2, 0.25) is 5.96 Å². The number of imide groups is 1. The summed E-state index contributed by atoms with van der Waals surface area (Å²) in [7, 11) is 0. The van der Waals surface area contributed by atoms with Crippen molar-refractivity contribution in [1.29, 1.82) is 0 Å². The lowest BCUT2D eigenvalue weighted by Gasteiger charge is -2.23. The van der Waals surface area contributed by atoms with Crippen LogP contribution < -0.4 is 11.1 Å². The largest absolute Gasteiger partial charge is 0.445 e. The Labute approximate surface area is 281 Å². The van der Waals surface area contributed by atoms with Crippen LogP contribution in [0.25, 0.3) is 0 Å². The Morgan fingerprint density at radius 3 is 1.78 bits per heavy atom. The summed E-state index contributed by atoms with van der Waals surface area (Å²) in [6.07, 6.45) is -3.49. The van der Waals surface area contributed by atoms with Gasteiger partial charge in [-0.15, -0.1) is 10.1 Å². The molecule has 1 saturated heterocycles. The Hall–Kier alpha value is -6.25. The van der Waals surface area contributed by atoms with E-state index in [9.17, 15) is 28.8 Å². The fourth-order valence-electron chi connectivity index (χ4n) is 4.42. The van der Waals surface area contributed by atoms with E-state index in [0.29, 0.717) is 21.8 Å². The number of guanidine groups is 1. The topological polar surface area (TPSA) is 196 Å². The number of rotatable bonds is 13. The number of aliphatic imine (C=N–C) groups is 1. The predicted molar refractivity (Wildman–Crippen MR) is 172 cm³/mol. The van der Waals surface area contributed by atoms with Crippen molar-refractivity contribution in [3.63, 3.8) is 0 Å². The maximum atomic E-state index is 13.2. The van der Waals surface area contributed by atoms with E-state index in [1.54, 1.807) is 91.0 Å². The molecule has 3 N–H and O–H groups in total. The lowest BCUT2D eigenvalue weighted by molar-refractivity contribution is -0.199. The second-order valence-corrected chi connectivity index (χ2v) is 10.6. The van der Waals surface area contributed by atoms with E-state index in [-0.39, 0.29) is 52.0 Å². The lowest BCUT2D eigenvalue weighted by atomic mass is 10.1. The van der Waals surface area contributed by atoms with Gasteiger partial charge in [-0.2, -0.15) is 0 Å². The Morgan fingerprint density at radius 2 is 1.24 bits per heavy atom. The van der Waals surface area contributed by atoms with Gasteiger partial charge >= 0.3 is 24.2 Å². The monoisotopic (exact) mass is 673 g/mol. The van der Waals surface area contributed by atoms with Crippen LogP contribution in [0, 0.1) is 0 Å². The first-order chi connectivity index (χ1) is 23.7. The van der Waals surface area contributed by atoms with Crippen LogP contribution >= 0.6 is 0 Å². The van der Waals surface area contributed by atoms with Crippen LogP contribution in [-0.2, 0) is 53.3 Å². The first-order valence-corrected chi connectivity index (χ1v) is 15.3. The number of hydrogen-bond donors (Lipinski definition) is 2. The zero-order chi connectivity index (χ0) is 35.0. The van der Waals surface area contributed by atoms with Crippen molar-refractivity contribution in [3.8, 4) is 0 Å². The third-order valence-electron chi connectivity index (χ3n) is 6.96. The number of ether oxygens (including phenoxy) is 3. The molecule has 49 heavy (non-hydrogen) atoms. The molecule has 0 unspecified atom stereocenters. The van der Waals surface area contributed by atoms with Crippen LogP contribution in [0.2, 0.25) is 0 Å². The molecule has 0 saturated carbocycles. The minimum atomic E-state index is -1.43. The quantitative estimate of drug-likeness (QED) is 0.115.